The molecule has 1 aliphatic heterocycles. The van der Waals surface area contributed by atoms with Crippen LogP contribution in [-0.2, 0) is 4.74 Å². The molecule has 1 aromatic heterocycles. The molecule has 0 radical (unpaired) electrons. The van der Waals surface area contributed by atoms with Crippen molar-refractivity contribution in [3.63, 3.8) is 0 Å². The molecule has 0 aliphatic carbocycles. The average Bonchev–Trinajstić information content (AvgIpc) is 2.89. The van der Waals surface area contributed by atoms with Crippen molar-refractivity contribution in [2.24, 2.45) is 0 Å². The number of nitro groups is 2. The van der Waals surface area contributed by atoms with Crippen LogP contribution in [0.2, 0.25) is 0 Å². The molecule has 1 unspecified atom stereocenters. The molecule has 1 atom stereocenters. The molecule has 9 heteroatoms. The summed E-state index contributed by atoms with van der Waals surface area (Å²) in [6.07, 6.45) is 4.22. The average molecular weight is 292 g/mol. The van der Waals surface area contributed by atoms with E-state index in [1.807, 2.05) is 0 Å². The first-order valence-electron chi connectivity index (χ1n) is 6.49. The minimum absolute atomic E-state index is 0.218. The summed E-state index contributed by atoms with van der Waals surface area (Å²) >= 11 is 0. The number of nitrogens with zero attached hydrogens (tertiary/aromatic N) is 4. The van der Waals surface area contributed by atoms with Gasteiger partial charge in [-0.25, -0.2) is 4.68 Å². The summed E-state index contributed by atoms with van der Waals surface area (Å²) in [5.41, 5.74) is -0.736. The predicted molar refractivity (Wildman–Crippen MR) is 71.9 cm³/mol. The number of hydrogen-bond donors (Lipinski definition) is 0. The van der Waals surface area contributed by atoms with Crippen molar-refractivity contribution in [3.05, 3.63) is 38.6 Å². The van der Waals surface area contributed by atoms with Crippen molar-refractivity contribution in [3.8, 4) is 0 Å². The maximum absolute atomic E-state index is 10.9. The fraction of sp³-hybridized carbons (Fsp3) is 0.417. The Morgan fingerprint density at radius 3 is 2.52 bits per heavy atom. The maximum Gasteiger partial charge on any atom is 0.348 e. The molecule has 3 rings (SSSR count). The molecule has 0 saturated carbocycles. The molecule has 110 valence electrons. The summed E-state index contributed by atoms with van der Waals surface area (Å²) < 4.78 is 7.16. The van der Waals surface area contributed by atoms with Gasteiger partial charge in [0, 0.05) is 24.3 Å². The molecule has 9 nitrogen and oxygen atoms in total. The fourth-order valence-electron chi connectivity index (χ4n) is 2.44. The predicted octanol–water partition coefficient (Wildman–Crippen LogP) is 2.55. The largest absolute Gasteiger partial charge is 0.357 e. The first kappa shape index (κ1) is 13.4. The molecular formula is C12H12N4O5. The van der Waals surface area contributed by atoms with Crippen LogP contribution >= 0.6 is 0 Å². The van der Waals surface area contributed by atoms with Crippen LogP contribution in [0.4, 0.5) is 11.4 Å². The van der Waals surface area contributed by atoms with Crippen LogP contribution in [-0.4, -0.2) is 26.2 Å². The van der Waals surface area contributed by atoms with Crippen LogP contribution in [0.15, 0.2) is 18.3 Å². The molecule has 1 saturated heterocycles. The molecular weight excluding hydrogens is 280 g/mol. The van der Waals surface area contributed by atoms with E-state index in [4.69, 9.17) is 4.74 Å². The number of aromatic nitrogens is 2. The van der Waals surface area contributed by atoms with Crippen LogP contribution in [0, 0.1) is 20.2 Å². The van der Waals surface area contributed by atoms with Gasteiger partial charge in [-0.05, 0) is 19.3 Å². The molecule has 2 aromatic rings. The van der Waals surface area contributed by atoms with Gasteiger partial charge in [-0.2, -0.15) is 5.10 Å². The first-order chi connectivity index (χ1) is 10.1. The second kappa shape index (κ2) is 5.09. The lowest BCUT2D eigenvalue weighted by molar-refractivity contribution is -0.422. The Labute approximate surface area is 118 Å². The Morgan fingerprint density at radius 2 is 1.90 bits per heavy atom. The van der Waals surface area contributed by atoms with Crippen molar-refractivity contribution in [2.45, 2.75) is 25.5 Å². The van der Waals surface area contributed by atoms with Gasteiger partial charge in [-0.3, -0.25) is 20.2 Å². The van der Waals surface area contributed by atoms with Crippen molar-refractivity contribution >= 4 is 22.3 Å². The number of rotatable bonds is 3. The normalized spacial score (nSPS) is 18.8. The number of ether oxygens (including phenoxy) is 1. The summed E-state index contributed by atoms with van der Waals surface area (Å²) in [5, 5.41) is 26.6. The molecule has 1 fully saturated rings. The highest BCUT2D eigenvalue weighted by Gasteiger charge is 2.26. The number of hydrogen-bond acceptors (Lipinski definition) is 6. The summed E-state index contributed by atoms with van der Waals surface area (Å²) in [6.45, 7) is 0.640. The fourth-order valence-corrected chi connectivity index (χ4v) is 2.44. The van der Waals surface area contributed by atoms with E-state index < -0.39 is 21.2 Å². The van der Waals surface area contributed by atoms with E-state index in [-0.39, 0.29) is 6.23 Å². The van der Waals surface area contributed by atoms with E-state index in [2.05, 4.69) is 5.10 Å². The molecule has 2 heterocycles. The van der Waals surface area contributed by atoms with Crippen LogP contribution in [0.5, 0.6) is 0 Å². The Balaban J connectivity index is 2.08. The third-order valence-corrected chi connectivity index (χ3v) is 3.46. The minimum atomic E-state index is -0.770. The summed E-state index contributed by atoms with van der Waals surface area (Å²) in [6, 6.07) is 2.31. The molecule has 0 spiro atoms. The van der Waals surface area contributed by atoms with E-state index in [9.17, 15) is 20.2 Å². The van der Waals surface area contributed by atoms with Crippen molar-refractivity contribution < 1.29 is 14.6 Å². The zero-order valence-electron chi connectivity index (χ0n) is 11.0. The zero-order chi connectivity index (χ0) is 15.0. The lowest BCUT2D eigenvalue weighted by atomic mass is 10.2. The van der Waals surface area contributed by atoms with Crippen molar-refractivity contribution in [1.82, 2.24) is 9.78 Å². The molecule has 21 heavy (non-hydrogen) atoms. The van der Waals surface area contributed by atoms with Gasteiger partial charge in [0.25, 0.3) is 0 Å². The van der Waals surface area contributed by atoms with Crippen LogP contribution in [0.25, 0.3) is 10.9 Å². The van der Waals surface area contributed by atoms with E-state index in [1.165, 1.54) is 6.07 Å². The Hall–Kier alpha value is -2.55. The third kappa shape index (κ3) is 2.42. The lowest BCUT2D eigenvalue weighted by Gasteiger charge is -2.22. The van der Waals surface area contributed by atoms with E-state index in [0.717, 1.165) is 25.3 Å². The lowest BCUT2D eigenvalue weighted by Crippen LogP contribution is -2.18. The highest BCUT2D eigenvalue weighted by atomic mass is 16.6. The van der Waals surface area contributed by atoms with E-state index in [0.29, 0.717) is 17.5 Å². The highest BCUT2D eigenvalue weighted by Crippen LogP contribution is 2.32. The quantitative estimate of drug-likeness (QED) is 0.634. The first-order valence-corrected chi connectivity index (χ1v) is 6.49. The summed E-state index contributed by atoms with van der Waals surface area (Å²) in [7, 11) is 0. The number of benzene rings is 1. The Morgan fingerprint density at radius 1 is 1.19 bits per heavy atom. The van der Waals surface area contributed by atoms with Gasteiger partial charge in [-0.1, -0.05) is 0 Å². The van der Waals surface area contributed by atoms with Gasteiger partial charge in [0.05, 0.1) is 21.4 Å². The summed E-state index contributed by atoms with van der Waals surface area (Å²) in [4.78, 5) is 20.3. The second-order valence-electron chi connectivity index (χ2n) is 4.84. The maximum atomic E-state index is 10.9. The van der Waals surface area contributed by atoms with Gasteiger partial charge in [0.2, 0.25) is 0 Å². The van der Waals surface area contributed by atoms with E-state index >= 15 is 0 Å². The molecule has 0 amide bonds. The van der Waals surface area contributed by atoms with Crippen molar-refractivity contribution in [2.75, 3.05) is 6.61 Å². The van der Waals surface area contributed by atoms with Gasteiger partial charge in [0.1, 0.15) is 6.23 Å². The molecule has 1 aromatic carbocycles. The van der Waals surface area contributed by atoms with Gasteiger partial charge < -0.3 is 4.74 Å². The van der Waals surface area contributed by atoms with Crippen LogP contribution in [0.1, 0.15) is 25.5 Å². The molecule has 0 N–H and O–H groups in total. The molecule has 1 aliphatic rings. The highest BCUT2D eigenvalue weighted by molar-refractivity contribution is 5.85. The zero-order valence-corrected chi connectivity index (χ0v) is 11.0. The Kier molecular flexibility index (Phi) is 3.26. The van der Waals surface area contributed by atoms with E-state index in [1.54, 1.807) is 10.9 Å². The monoisotopic (exact) mass is 292 g/mol. The number of nitro benzene ring substituents is 2. The Bertz CT molecular complexity index is 669. The van der Waals surface area contributed by atoms with Gasteiger partial charge in [-0.15, -0.1) is 0 Å². The van der Waals surface area contributed by atoms with Gasteiger partial charge in [0.15, 0.2) is 0 Å². The van der Waals surface area contributed by atoms with Crippen LogP contribution < -0.4 is 0 Å². The third-order valence-electron chi connectivity index (χ3n) is 3.46. The number of fused-ring (bicyclic) bond motifs is 1. The topological polar surface area (TPSA) is 113 Å². The second-order valence-corrected chi connectivity index (χ2v) is 4.84. The SMILES string of the molecule is O=[N+]([O-])c1cc2cn(C3CCCCO3)nc2cc1[N+](=O)[O-]. The smallest absolute Gasteiger partial charge is 0.348 e. The minimum Gasteiger partial charge on any atom is -0.357 e. The van der Waals surface area contributed by atoms with Crippen LogP contribution in [0.3, 0.4) is 0 Å². The molecule has 0 bridgehead atoms. The van der Waals surface area contributed by atoms with Gasteiger partial charge >= 0.3 is 11.4 Å². The summed E-state index contributed by atoms with van der Waals surface area (Å²) in [5.74, 6) is 0. The van der Waals surface area contributed by atoms with Crippen molar-refractivity contribution in [1.29, 1.82) is 0 Å². The standard InChI is InChI=1S/C12H12N4O5/c17-15(18)10-5-8-7-14(12-3-1-2-4-21-12)13-9(8)6-11(10)16(19)20/h5-7,12H,1-4H2.